The minimum absolute atomic E-state index is 0.389. The Labute approximate surface area is 202 Å². The van der Waals surface area contributed by atoms with Crippen LogP contribution < -0.4 is 10.1 Å². The van der Waals surface area contributed by atoms with Crippen molar-refractivity contribution in [3.05, 3.63) is 90.1 Å². The normalized spacial score (nSPS) is 11.5. The summed E-state index contributed by atoms with van der Waals surface area (Å²) in [7, 11) is 0. The van der Waals surface area contributed by atoms with Crippen molar-refractivity contribution in [2.75, 3.05) is 11.9 Å². The standard InChI is InChI=1S/C27H24N2O6/c1-17-25(28-27(32)34-18(2)19-6-4-3-5-7-19)26(35-29-17)22-10-8-20(9-11-22)21-12-14-23(15-13-21)33-16-24(30)31/h3-15,18H,16H2,1-2H3,(H,28,32)(H,30,31)/t18-/m1/s1. The Hall–Kier alpha value is -4.59. The predicted molar refractivity (Wildman–Crippen MR) is 130 cm³/mol. The lowest BCUT2D eigenvalue weighted by Crippen LogP contribution is -2.16. The van der Waals surface area contributed by atoms with Gasteiger partial charge in [-0.05, 0) is 42.7 Å². The molecule has 3 aromatic carbocycles. The van der Waals surface area contributed by atoms with E-state index in [1.807, 2.05) is 66.7 Å². The maximum Gasteiger partial charge on any atom is 0.412 e. The number of amides is 1. The monoisotopic (exact) mass is 472 g/mol. The Morgan fingerprint density at radius 2 is 1.54 bits per heavy atom. The second-order valence-corrected chi connectivity index (χ2v) is 7.84. The molecular weight excluding hydrogens is 448 g/mol. The van der Waals surface area contributed by atoms with Crippen molar-refractivity contribution in [3.8, 4) is 28.2 Å². The summed E-state index contributed by atoms with van der Waals surface area (Å²) < 4.78 is 16.2. The fraction of sp³-hybridized carbons (Fsp3) is 0.148. The Bertz CT molecular complexity index is 1300. The van der Waals surface area contributed by atoms with Gasteiger partial charge in [-0.3, -0.25) is 5.32 Å². The molecule has 1 atom stereocenters. The van der Waals surface area contributed by atoms with E-state index in [0.717, 1.165) is 22.3 Å². The van der Waals surface area contributed by atoms with Crippen LogP contribution in [0.15, 0.2) is 83.4 Å². The highest BCUT2D eigenvalue weighted by Crippen LogP contribution is 2.33. The highest BCUT2D eigenvalue weighted by Gasteiger charge is 2.20. The number of benzene rings is 3. The third kappa shape index (κ3) is 5.86. The Kier molecular flexibility index (Phi) is 7.11. The zero-order valence-electron chi connectivity index (χ0n) is 19.2. The third-order valence-corrected chi connectivity index (χ3v) is 5.34. The summed E-state index contributed by atoms with van der Waals surface area (Å²) >= 11 is 0. The number of aryl methyl sites for hydroxylation is 1. The van der Waals surface area contributed by atoms with Crippen molar-refractivity contribution in [1.82, 2.24) is 5.16 Å². The zero-order chi connectivity index (χ0) is 24.8. The molecule has 0 fully saturated rings. The first-order valence-electron chi connectivity index (χ1n) is 10.9. The van der Waals surface area contributed by atoms with Crippen molar-refractivity contribution < 1.29 is 28.7 Å². The van der Waals surface area contributed by atoms with Gasteiger partial charge in [0, 0.05) is 5.56 Å². The molecule has 178 valence electrons. The molecule has 1 amide bonds. The van der Waals surface area contributed by atoms with Crippen molar-refractivity contribution in [3.63, 3.8) is 0 Å². The average Bonchev–Trinajstić information content (AvgIpc) is 3.23. The lowest BCUT2D eigenvalue weighted by atomic mass is 10.0. The number of anilines is 1. The third-order valence-electron chi connectivity index (χ3n) is 5.34. The van der Waals surface area contributed by atoms with Crippen LogP contribution in [0.2, 0.25) is 0 Å². The number of hydrogen-bond acceptors (Lipinski definition) is 6. The van der Waals surface area contributed by atoms with Gasteiger partial charge in [-0.25, -0.2) is 9.59 Å². The minimum atomic E-state index is -1.03. The molecule has 0 spiro atoms. The number of carboxylic acid groups (broad SMARTS) is 1. The van der Waals surface area contributed by atoms with E-state index in [2.05, 4.69) is 10.5 Å². The maximum absolute atomic E-state index is 12.5. The van der Waals surface area contributed by atoms with Crippen molar-refractivity contribution in [2.45, 2.75) is 20.0 Å². The Morgan fingerprint density at radius 1 is 0.943 bits per heavy atom. The van der Waals surface area contributed by atoms with Gasteiger partial charge in [-0.15, -0.1) is 0 Å². The molecule has 4 rings (SSSR count). The van der Waals surface area contributed by atoms with E-state index in [0.29, 0.717) is 22.9 Å². The molecule has 0 aliphatic heterocycles. The Balaban J connectivity index is 1.45. The van der Waals surface area contributed by atoms with Crippen molar-refractivity contribution in [1.29, 1.82) is 0 Å². The summed E-state index contributed by atoms with van der Waals surface area (Å²) in [5.74, 6) is -0.120. The number of hydrogen-bond donors (Lipinski definition) is 2. The van der Waals surface area contributed by atoms with E-state index in [9.17, 15) is 9.59 Å². The molecule has 8 nitrogen and oxygen atoms in total. The first-order chi connectivity index (χ1) is 16.9. The second-order valence-electron chi connectivity index (χ2n) is 7.84. The van der Waals surface area contributed by atoms with Crippen LogP contribution in [0, 0.1) is 6.92 Å². The number of nitrogens with zero attached hydrogens (tertiary/aromatic N) is 1. The number of rotatable bonds is 8. The average molecular weight is 472 g/mol. The number of aromatic nitrogens is 1. The van der Waals surface area contributed by atoms with Gasteiger partial charge in [0.1, 0.15) is 23.2 Å². The van der Waals surface area contributed by atoms with Crippen LogP contribution >= 0.6 is 0 Å². The second kappa shape index (κ2) is 10.6. The van der Waals surface area contributed by atoms with Gasteiger partial charge < -0.3 is 19.1 Å². The molecule has 2 N–H and O–H groups in total. The maximum atomic E-state index is 12.5. The number of ether oxygens (including phenoxy) is 2. The molecule has 0 saturated carbocycles. The van der Waals surface area contributed by atoms with E-state index in [1.54, 1.807) is 26.0 Å². The molecule has 4 aromatic rings. The van der Waals surface area contributed by atoms with Crippen LogP contribution in [0.5, 0.6) is 5.75 Å². The summed E-state index contributed by atoms with van der Waals surface area (Å²) in [6.07, 6.45) is -1.02. The summed E-state index contributed by atoms with van der Waals surface area (Å²) in [6.45, 7) is 3.16. The molecular formula is C27H24N2O6. The predicted octanol–water partition coefficient (Wildman–Crippen LogP) is 6.09. The molecule has 0 unspecified atom stereocenters. The topological polar surface area (TPSA) is 111 Å². The highest BCUT2D eigenvalue weighted by molar-refractivity contribution is 5.91. The summed E-state index contributed by atoms with van der Waals surface area (Å²) in [6, 6.07) is 24.2. The van der Waals surface area contributed by atoms with E-state index < -0.39 is 18.2 Å². The zero-order valence-corrected chi connectivity index (χ0v) is 19.2. The van der Waals surface area contributed by atoms with E-state index in [4.69, 9.17) is 19.1 Å². The molecule has 35 heavy (non-hydrogen) atoms. The van der Waals surface area contributed by atoms with Crippen LogP contribution in [0.3, 0.4) is 0 Å². The number of aliphatic carboxylic acids is 1. The van der Waals surface area contributed by atoms with Crippen LogP contribution in [-0.4, -0.2) is 28.9 Å². The Morgan fingerprint density at radius 3 is 2.17 bits per heavy atom. The summed E-state index contributed by atoms with van der Waals surface area (Å²) in [4.78, 5) is 23.2. The molecule has 0 bridgehead atoms. The van der Waals surface area contributed by atoms with Crippen LogP contribution in [0.4, 0.5) is 10.5 Å². The molecule has 1 aromatic heterocycles. The lowest BCUT2D eigenvalue weighted by molar-refractivity contribution is -0.139. The fourth-order valence-corrected chi connectivity index (χ4v) is 3.50. The first kappa shape index (κ1) is 23.6. The SMILES string of the molecule is Cc1noc(-c2ccc(-c3ccc(OCC(=O)O)cc3)cc2)c1NC(=O)O[C@H](C)c1ccccc1. The minimum Gasteiger partial charge on any atom is -0.482 e. The van der Waals surface area contributed by atoms with Crippen LogP contribution in [0.25, 0.3) is 22.5 Å². The van der Waals surface area contributed by atoms with Gasteiger partial charge in [0.25, 0.3) is 0 Å². The van der Waals surface area contributed by atoms with Crippen LogP contribution in [-0.2, 0) is 9.53 Å². The molecule has 0 aliphatic rings. The largest absolute Gasteiger partial charge is 0.482 e. The van der Waals surface area contributed by atoms with Gasteiger partial charge >= 0.3 is 12.1 Å². The van der Waals surface area contributed by atoms with Gasteiger partial charge in [-0.1, -0.05) is 71.9 Å². The summed E-state index contributed by atoms with van der Waals surface area (Å²) in [5, 5.41) is 15.5. The van der Waals surface area contributed by atoms with Crippen LogP contribution in [0.1, 0.15) is 24.3 Å². The van der Waals surface area contributed by atoms with Crippen molar-refractivity contribution in [2.24, 2.45) is 0 Å². The van der Waals surface area contributed by atoms with Gasteiger partial charge in [-0.2, -0.15) is 0 Å². The fourth-order valence-electron chi connectivity index (χ4n) is 3.50. The number of carbonyl (C=O) groups excluding carboxylic acids is 1. The molecule has 0 saturated heterocycles. The van der Waals surface area contributed by atoms with Gasteiger partial charge in [0.15, 0.2) is 12.4 Å². The quantitative estimate of drug-likeness (QED) is 0.319. The molecule has 1 heterocycles. The van der Waals surface area contributed by atoms with E-state index in [1.165, 1.54) is 0 Å². The number of carboxylic acids is 1. The van der Waals surface area contributed by atoms with E-state index >= 15 is 0 Å². The van der Waals surface area contributed by atoms with Crippen molar-refractivity contribution >= 4 is 17.7 Å². The van der Waals surface area contributed by atoms with E-state index in [-0.39, 0.29) is 6.61 Å². The summed E-state index contributed by atoms with van der Waals surface area (Å²) in [5.41, 5.74) is 4.49. The number of nitrogens with one attached hydrogen (secondary N) is 1. The lowest BCUT2D eigenvalue weighted by Gasteiger charge is -2.14. The van der Waals surface area contributed by atoms with Gasteiger partial charge in [0.2, 0.25) is 0 Å². The molecule has 0 aliphatic carbocycles. The first-order valence-corrected chi connectivity index (χ1v) is 10.9. The number of carbonyl (C=O) groups is 2. The smallest absolute Gasteiger partial charge is 0.412 e. The van der Waals surface area contributed by atoms with Gasteiger partial charge in [0.05, 0.1) is 0 Å². The molecule has 0 radical (unpaired) electrons. The highest BCUT2D eigenvalue weighted by atomic mass is 16.6. The molecule has 8 heteroatoms.